The van der Waals surface area contributed by atoms with Crippen LogP contribution in [0.4, 0.5) is 5.69 Å². The van der Waals surface area contributed by atoms with E-state index in [9.17, 15) is 4.79 Å². The Morgan fingerprint density at radius 2 is 2.00 bits per heavy atom. The number of ether oxygens (including phenoxy) is 2. The molecule has 0 saturated carbocycles. The molecule has 2 saturated heterocycles. The molecule has 3 rings (SSSR count). The summed E-state index contributed by atoms with van der Waals surface area (Å²) in [6.45, 7) is 7.67. The zero-order chi connectivity index (χ0) is 17.5. The highest BCUT2D eigenvalue weighted by molar-refractivity contribution is 5.91. The first-order chi connectivity index (χ1) is 12.3. The van der Waals surface area contributed by atoms with Crippen LogP contribution in [0.1, 0.15) is 25.3 Å². The first-order valence-corrected chi connectivity index (χ1v) is 9.27. The number of carbonyl (C=O) groups excluding carboxylic acids is 1. The van der Waals surface area contributed by atoms with Crippen molar-refractivity contribution in [1.29, 1.82) is 0 Å². The molecule has 0 aromatic heterocycles. The van der Waals surface area contributed by atoms with Crippen molar-refractivity contribution in [2.45, 2.75) is 25.9 Å². The number of benzene rings is 1. The number of anilines is 1. The van der Waals surface area contributed by atoms with Gasteiger partial charge in [-0.25, -0.2) is 0 Å². The van der Waals surface area contributed by atoms with Gasteiger partial charge in [0.2, 0.25) is 5.91 Å². The van der Waals surface area contributed by atoms with Gasteiger partial charge in [0.05, 0.1) is 19.3 Å². The Kier molecular flexibility index (Phi) is 6.48. The van der Waals surface area contributed by atoms with E-state index in [0.29, 0.717) is 13.1 Å². The van der Waals surface area contributed by atoms with Gasteiger partial charge in [-0.3, -0.25) is 4.79 Å². The van der Waals surface area contributed by atoms with Crippen LogP contribution in [0.15, 0.2) is 30.3 Å². The van der Waals surface area contributed by atoms with E-state index < -0.39 is 0 Å². The summed E-state index contributed by atoms with van der Waals surface area (Å²) in [6.07, 6.45) is 5.91. The van der Waals surface area contributed by atoms with E-state index >= 15 is 0 Å². The van der Waals surface area contributed by atoms with Crippen molar-refractivity contribution in [3.63, 3.8) is 0 Å². The maximum Gasteiger partial charge on any atom is 0.246 e. The lowest BCUT2D eigenvalue weighted by molar-refractivity contribution is -0.127. The van der Waals surface area contributed by atoms with Gasteiger partial charge in [0, 0.05) is 44.5 Å². The second-order valence-corrected chi connectivity index (χ2v) is 6.54. The zero-order valence-electron chi connectivity index (χ0n) is 15.0. The average molecular weight is 344 g/mol. The Balaban J connectivity index is 1.55. The Hall–Kier alpha value is -1.85. The summed E-state index contributed by atoms with van der Waals surface area (Å²) in [5.74, 6) is 0.0512. The topological polar surface area (TPSA) is 42.0 Å². The molecule has 1 aromatic carbocycles. The smallest absolute Gasteiger partial charge is 0.246 e. The van der Waals surface area contributed by atoms with Crippen LogP contribution in [0.5, 0.6) is 0 Å². The molecule has 1 unspecified atom stereocenters. The first-order valence-electron chi connectivity index (χ1n) is 9.27. The number of rotatable bonds is 6. The van der Waals surface area contributed by atoms with Crippen LogP contribution in [-0.2, 0) is 14.3 Å². The Bertz CT molecular complexity index is 573. The van der Waals surface area contributed by atoms with Crippen molar-refractivity contribution in [3.8, 4) is 0 Å². The van der Waals surface area contributed by atoms with Crippen LogP contribution in [0.2, 0.25) is 0 Å². The molecular formula is C20H28N2O3. The lowest BCUT2D eigenvalue weighted by Gasteiger charge is -2.28. The number of morpholine rings is 1. The number of hydrogen-bond donors (Lipinski definition) is 0. The van der Waals surface area contributed by atoms with Crippen LogP contribution in [0.3, 0.4) is 0 Å². The fraction of sp³-hybridized carbons (Fsp3) is 0.550. The molecule has 2 aliphatic heterocycles. The molecule has 1 aromatic rings. The predicted molar refractivity (Wildman–Crippen MR) is 99.7 cm³/mol. The molecule has 0 aliphatic carbocycles. The fourth-order valence-electron chi connectivity index (χ4n) is 3.30. The van der Waals surface area contributed by atoms with Gasteiger partial charge in [-0.15, -0.1) is 0 Å². The maximum atomic E-state index is 12.4. The molecule has 136 valence electrons. The predicted octanol–water partition coefficient (Wildman–Crippen LogP) is 2.56. The Morgan fingerprint density at radius 1 is 1.24 bits per heavy atom. The molecule has 25 heavy (non-hydrogen) atoms. The van der Waals surface area contributed by atoms with Gasteiger partial charge in [0.25, 0.3) is 0 Å². The molecule has 0 radical (unpaired) electrons. The number of carbonyl (C=O) groups is 1. The normalized spacial score (nSPS) is 21.0. The third-order valence-electron chi connectivity index (χ3n) is 4.83. The summed E-state index contributed by atoms with van der Waals surface area (Å²) in [5.41, 5.74) is 2.25. The highest BCUT2D eigenvalue weighted by Gasteiger charge is 2.20. The fourth-order valence-corrected chi connectivity index (χ4v) is 3.30. The van der Waals surface area contributed by atoms with Gasteiger partial charge < -0.3 is 19.3 Å². The van der Waals surface area contributed by atoms with E-state index in [2.05, 4.69) is 29.2 Å². The third-order valence-corrected chi connectivity index (χ3v) is 4.83. The van der Waals surface area contributed by atoms with Crippen molar-refractivity contribution in [2.24, 2.45) is 0 Å². The summed E-state index contributed by atoms with van der Waals surface area (Å²) in [7, 11) is 0. The summed E-state index contributed by atoms with van der Waals surface area (Å²) in [5, 5.41) is 0. The largest absolute Gasteiger partial charge is 0.378 e. The van der Waals surface area contributed by atoms with Crippen LogP contribution >= 0.6 is 0 Å². The van der Waals surface area contributed by atoms with Crippen molar-refractivity contribution in [1.82, 2.24) is 4.90 Å². The van der Waals surface area contributed by atoms with Gasteiger partial charge >= 0.3 is 0 Å². The second kappa shape index (κ2) is 9.02. The summed E-state index contributed by atoms with van der Waals surface area (Å²) < 4.78 is 11.0. The SMILES string of the molecule is CCN(CC1CCCO1)C(=O)/C=C/c1ccc(N2CCOCC2)cc1. The van der Waals surface area contributed by atoms with Crippen molar-refractivity contribution < 1.29 is 14.3 Å². The lowest BCUT2D eigenvalue weighted by atomic mass is 10.1. The molecule has 1 amide bonds. The number of nitrogens with zero attached hydrogens (tertiary/aromatic N) is 2. The summed E-state index contributed by atoms with van der Waals surface area (Å²) in [6, 6.07) is 8.34. The van der Waals surface area contributed by atoms with Gasteiger partial charge in [0.15, 0.2) is 0 Å². The Labute approximate surface area is 150 Å². The number of likely N-dealkylation sites (N-methyl/N-ethyl adjacent to an activating group) is 1. The zero-order valence-corrected chi connectivity index (χ0v) is 15.0. The molecule has 1 atom stereocenters. The summed E-state index contributed by atoms with van der Waals surface area (Å²) >= 11 is 0. The molecular weight excluding hydrogens is 316 g/mol. The molecule has 2 aliphatic rings. The highest BCUT2D eigenvalue weighted by atomic mass is 16.5. The van der Waals surface area contributed by atoms with E-state index in [4.69, 9.17) is 9.47 Å². The minimum absolute atomic E-state index is 0.0512. The van der Waals surface area contributed by atoms with Crippen LogP contribution in [0, 0.1) is 0 Å². The standard InChI is InChI=1S/C20H28N2O3/c1-2-21(16-19-4-3-13-25-19)20(23)10-7-17-5-8-18(9-6-17)22-11-14-24-15-12-22/h5-10,19H,2-4,11-16H2,1H3/b10-7+. The van der Waals surface area contributed by atoms with Crippen molar-refractivity contribution in [2.75, 3.05) is 50.9 Å². The van der Waals surface area contributed by atoms with Gasteiger partial charge in [0.1, 0.15) is 0 Å². The van der Waals surface area contributed by atoms with Gasteiger partial charge in [-0.1, -0.05) is 12.1 Å². The first kappa shape index (κ1) is 18.0. The van der Waals surface area contributed by atoms with E-state index in [1.807, 2.05) is 17.9 Å². The minimum Gasteiger partial charge on any atom is -0.378 e. The van der Waals surface area contributed by atoms with Gasteiger partial charge in [-0.05, 0) is 43.5 Å². The van der Waals surface area contributed by atoms with Crippen LogP contribution < -0.4 is 4.90 Å². The molecule has 2 heterocycles. The van der Waals surface area contributed by atoms with Crippen LogP contribution in [0.25, 0.3) is 6.08 Å². The molecule has 2 fully saturated rings. The minimum atomic E-state index is 0.0512. The van der Waals surface area contributed by atoms with E-state index in [-0.39, 0.29) is 12.0 Å². The van der Waals surface area contributed by atoms with Gasteiger partial charge in [-0.2, -0.15) is 0 Å². The van der Waals surface area contributed by atoms with E-state index in [0.717, 1.165) is 51.3 Å². The molecule has 0 spiro atoms. The molecule has 0 bridgehead atoms. The lowest BCUT2D eigenvalue weighted by Crippen LogP contribution is -2.36. The second-order valence-electron chi connectivity index (χ2n) is 6.54. The average Bonchev–Trinajstić information content (AvgIpc) is 3.18. The van der Waals surface area contributed by atoms with E-state index in [1.54, 1.807) is 6.08 Å². The number of hydrogen-bond acceptors (Lipinski definition) is 4. The molecule has 0 N–H and O–H groups in total. The monoisotopic (exact) mass is 344 g/mol. The van der Waals surface area contributed by atoms with Crippen LogP contribution in [-0.4, -0.2) is 62.9 Å². The summed E-state index contributed by atoms with van der Waals surface area (Å²) in [4.78, 5) is 16.6. The maximum absolute atomic E-state index is 12.4. The molecule has 5 heteroatoms. The number of amides is 1. The van der Waals surface area contributed by atoms with Crippen molar-refractivity contribution >= 4 is 17.7 Å². The Morgan fingerprint density at radius 3 is 2.64 bits per heavy atom. The highest BCUT2D eigenvalue weighted by Crippen LogP contribution is 2.18. The van der Waals surface area contributed by atoms with E-state index in [1.165, 1.54) is 5.69 Å². The van der Waals surface area contributed by atoms with Crippen molar-refractivity contribution in [3.05, 3.63) is 35.9 Å². The molecule has 5 nitrogen and oxygen atoms in total. The third kappa shape index (κ3) is 5.06. The quantitative estimate of drug-likeness (QED) is 0.744.